The van der Waals surface area contributed by atoms with Crippen LogP contribution < -0.4 is 0 Å². The molecule has 4 nitrogen and oxygen atoms in total. The van der Waals surface area contributed by atoms with Gasteiger partial charge in [0, 0.05) is 19.0 Å². The number of nitrogens with zero attached hydrogens (tertiary/aromatic N) is 2. The lowest BCUT2D eigenvalue weighted by atomic mass is 9.92. The molecule has 1 aromatic carbocycles. The van der Waals surface area contributed by atoms with Gasteiger partial charge in [0.15, 0.2) is 0 Å². The van der Waals surface area contributed by atoms with E-state index in [-0.39, 0.29) is 0 Å². The second kappa shape index (κ2) is 8.46. The highest BCUT2D eigenvalue weighted by Crippen LogP contribution is 2.24. The van der Waals surface area contributed by atoms with Crippen LogP contribution in [0.2, 0.25) is 0 Å². The van der Waals surface area contributed by atoms with E-state index in [0.29, 0.717) is 18.4 Å². The van der Waals surface area contributed by atoms with Crippen LogP contribution in [-0.4, -0.2) is 48.1 Å². The number of benzene rings is 1. The van der Waals surface area contributed by atoms with Gasteiger partial charge in [0.2, 0.25) is 0 Å². The Kier molecular flexibility index (Phi) is 6.60. The highest BCUT2D eigenvalue weighted by Gasteiger charge is 2.20. The second-order valence-electron chi connectivity index (χ2n) is 7.04. The minimum atomic E-state index is -0.667. The summed E-state index contributed by atoms with van der Waals surface area (Å²) in [6, 6.07) is 9.32. The Labute approximate surface area is 140 Å². The van der Waals surface area contributed by atoms with Crippen molar-refractivity contribution in [3.8, 4) is 0 Å². The second-order valence-corrected chi connectivity index (χ2v) is 7.04. The fraction of sp³-hybridized carbons (Fsp3) is 0.632. The van der Waals surface area contributed by atoms with Crippen molar-refractivity contribution in [2.75, 3.05) is 27.2 Å². The molecule has 4 heteroatoms. The van der Waals surface area contributed by atoms with Gasteiger partial charge in [-0.25, -0.2) is 0 Å². The normalized spacial score (nSPS) is 18.3. The molecule has 1 heterocycles. The Balaban J connectivity index is 1.84. The highest BCUT2D eigenvalue weighted by atomic mass is 16.4. The van der Waals surface area contributed by atoms with Crippen molar-refractivity contribution in [1.29, 1.82) is 0 Å². The molecule has 0 aliphatic carbocycles. The molecule has 0 unspecified atom stereocenters. The van der Waals surface area contributed by atoms with E-state index >= 15 is 0 Å². The maximum absolute atomic E-state index is 10.7. The van der Waals surface area contributed by atoms with Crippen molar-refractivity contribution in [2.24, 2.45) is 5.92 Å². The molecule has 1 aliphatic heterocycles. The smallest absolute Gasteiger partial charge is 0.303 e. The van der Waals surface area contributed by atoms with Crippen LogP contribution in [0.15, 0.2) is 24.3 Å². The zero-order valence-electron chi connectivity index (χ0n) is 14.7. The standard InChI is InChI=1S/C19H30N2O2/c1-15(20(2)3)18-6-4-5-17(13-18)14-21-11-9-16(10-12-21)7-8-19(22)23/h4-6,13,15-16H,7-12,14H2,1-3H3,(H,22,23)/t15-/m1/s1. The van der Waals surface area contributed by atoms with E-state index in [1.54, 1.807) is 0 Å². The minimum Gasteiger partial charge on any atom is -0.481 e. The molecule has 2 rings (SSSR count). The SMILES string of the molecule is C[C@H](c1cccc(CN2CCC(CCC(=O)O)CC2)c1)N(C)C. The molecule has 1 atom stereocenters. The van der Waals surface area contributed by atoms with Crippen LogP contribution in [-0.2, 0) is 11.3 Å². The average Bonchev–Trinajstić information content (AvgIpc) is 2.53. The first kappa shape index (κ1) is 18.0. The number of likely N-dealkylation sites (tertiary alicyclic amines) is 1. The van der Waals surface area contributed by atoms with Crippen LogP contribution in [0.5, 0.6) is 0 Å². The molecule has 0 aromatic heterocycles. The van der Waals surface area contributed by atoms with Crippen molar-refractivity contribution in [3.63, 3.8) is 0 Å². The van der Waals surface area contributed by atoms with Crippen LogP contribution >= 0.6 is 0 Å². The van der Waals surface area contributed by atoms with E-state index in [4.69, 9.17) is 5.11 Å². The van der Waals surface area contributed by atoms with Crippen LogP contribution in [0.1, 0.15) is 49.8 Å². The number of carboxylic acid groups (broad SMARTS) is 1. The molecule has 1 N–H and O–H groups in total. The lowest BCUT2D eigenvalue weighted by Crippen LogP contribution is -2.33. The van der Waals surface area contributed by atoms with Gasteiger partial charge in [0.1, 0.15) is 0 Å². The van der Waals surface area contributed by atoms with Crippen LogP contribution in [0, 0.1) is 5.92 Å². The average molecular weight is 318 g/mol. The summed E-state index contributed by atoms with van der Waals surface area (Å²) in [7, 11) is 4.22. The van der Waals surface area contributed by atoms with Gasteiger partial charge in [-0.3, -0.25) is 9.69 Å². The summed E-state index contributed by atoms with van der Waals surface area (Å²) in [5, 5.41) is 8.79. The zero-order chi connectivity index (χ0) is 16.8. The van der Waals surface area contributed by atoms with Gasteiger partial charge in [0.05, 0.1) is 0 Å². The van der Waals surface area contributed by atoms with Crippen LogP contribution in [0.25, 0.3) is 0 Å². The van der Waals surface area contributed by atoms with Crippen LogP contribution in [0.4, 0.5) is 0 Å². The predicted molar refractivity (Wildman–Crippen MR) is 93.4 cm³/mol. The number of piperidine rings is 1. The summed E-state index contributed by atoms with van der Waals surface area (Å²) in [6.45, 7) is 5.39. The van der Waals surface area contributed by atoms with Crippen molar-refractivity contribution in [3.05, 3.63) is 35.4 Å². The lowest BCUT2D eigenvalue weighted by Gasteiger charge is -2.32. The molecule has 0 saturated carbocycles. The number of rotatable bonds is 7. The molecule has 1 fully saturated rings. The molecule has 1 saturated heterocycles. The van der Waals surface area contributed by atoms with E-state index in [0.717, 1.165) is 38.9 Å². The Morgan fingerprint density at radius 2 is 2.04 bits per heavy atom. The van der Waals surface area contributed by atoms with E-state index in [2.05, 4.69) is 55.1 Å². The van der Waals surface area contributed by atoms with Gasteiger partial charge in [-0.05, 0) is 70.4 Å². The fourth-order valence-corrected chi connectivity index (χ4v) is 3.27. The molecule has 1 aromatic rings. The molecule has 128 valence electrons. The number of aliphatic carboxylic acids is 1. The molecule has 0 bridgehead atoms. The first-order chi connectivity index (χ1) is 11.0. The summed E-state index contributed by atoms with van der Waals surface area (Å²) < 4.78 is 0. The first-order valence-corrected chi connectivity index (χ1v) is 8.65. The number of hydrogen-bond donors (Lipinski definition) is 1. The van der Waals surface area contributed by atoms with Crippen molar-refractivity contribution in [2.45, 2.75) is 45.2 Å². The highest BCUT2D eigenvalue weighted by molar-refractivity contribution is 5.66. The van der Waals surface area contributed by atoms with Crippen molar-refractivity contribution < 1.29 is 9.90 Å². The summed E-state index contributed by atoms with van der Waals surface area (Å²) in [5.74, 6) is -0.0818. The predicted octanol–water partition coefficient (Wildman–Crippen LogP) is 3.39. The van der Waals surface area contributed by atoms with E-state index in [1.807, 2.05) is 0 Å². The largest absolute Gasteiger partial charge is 0.481 e. The summed E-state index contributed by atoms with van der Waals surface area (Å²) in [5.41, 5.74) is 2.74. The third kappa shape index (κ3) is 5.63. The van der Waals surface area contributed by atoms with Gasteiger partial charge in [0.25, 0.3) is 0 Å². The van der Waals surface area contributed by atoms with Gasteiger partial charge in [-0.2, -0.15) is 0 Å². The van der Waals surface area contributed by atoms with Crippen molar-refractivity contribution in [1.82, 2.24) is 9.80 Å². The molecular formula is C19H30N2O2. The quantitative estimate of drug-likeness (QED) is 0.837. The maximum atomic E-state index is 10.7. The Bertz CT molecular complexity index is 508. The third-order valence-electron chi connectivity index (χ3n) is 5.09. The Morgan fingerprint density at radius 1 is 1.35 bits per heavy atom. The van der Waals surface area contributed by atoms with Crippen molar-refractivity contribution >= 4 is 5.97 Å². The Hall–Kier alpha value is -1.39. The fourth-order valence-electron chi connectivity index (χ4n) is 3.27. The van der Waals surface area contributed by atoms with E-state index in [1.165, 1.54) is 11.1 Å². The number of carboxylic acids is 1. The van der Waals surface area contributed by atoms with Gasteiger partial charge in [-0.15, -0.1) is 0 Å². The third-order valence-corrected chi connectivity index (χ3v) is 5.09. The molecule has 1 aliphatic rings. The molecule has 23 heavy (non-hydrogen) atoms. The number of hydrogen-bond acceptors (Lipinski definition) is 3. The monoisotopic (exact) mass is 318 g/mol. The summed E-state index contributed by atoms with van der Waals surface area (Å²) in [4.78, 5) is 15.4. The summed E-state index contributed by atoms with van der Waals surface area (Å²) in [6.07, 6.45) is 3.40. The van der Waals surface area contributed by atoms with E-state index < -0.39 is 5.97 Å². The topological polar surface area (TPSA) is 43.8 Å². The molecule has 0 radical (unpaired) electrons. The zero-order valence-corrected chi connectivity index (χ0v) is 14.7. The molecular weight excluding hydrogens is 288 g/mol. The van der Waals surface area contributed by atoms with E-state index in [9.17, 15) is 4.79 Å². The Morgan fingerprint density at radius 3 is 2.65 bits per heavy atom. The van der Waals surface area contributed by atoms with Gasteiger partial charge >= 0.3 is 5.97 Å². The van der Waals surface area contributed by atoms with Gasteiger partial charge in [-0.1, -0.05) is 24.3 Å². The summed E-state index contributed by atoms with van der Waals surface area (Å²) >= 11 is 0. The molecule has 0 spiro atoms. The number of carbonyl (C=O) groups is 1. The van der Waals surface area contributed by atoms with Crippen LogP contribution in [0.3, 0.4) is 0 Å². The minimum absolute atomic E-state index is 0.315. The van der Waals surface area contributed by atoms with Gasteiger partial charge < -0.3 is 10.0 Å². The first-order valence-electron chi connectivity index (χ1n) is 8.65. The maximum Gasteiger partial charge on any atom is 0.303 e. The molecule has 0 amide bonds. The lowest BCUT2D eigenvalue weighted by molar-refractivity contribution is -0.137.